The molecule has 2 aromatic heterocycles. The van der Waals surface area contributed by atoms with Crippen LogP contribution < -0.4 is 10.0 Å². The molecule has 0 aliphatic heterocycles. The Morgan fingerprint density at radius 1 is 0.969 bits per heavy atom. The first kappa shape index (κ1) is 21.8. The summed E-state index contributed by atoms with van der Waals surface area (Å²) in [5, 5.41) is 7.08. The molecule has 9 nitrogen and oxygen atoms in total. The highest BCUT2D eigenvalue weighted by Crippen LogP contribution is 2.26. The normalized spacial score (nSPS) is 11.2. The van der Waals surface area contributed by atoms with Gasteiger partial charge < -0.3 is 5.32 Å². The maximum absolute atomic E-state index is 12.8. The second-order valence-electron chi connectivity index (χ2n) is 6.46. The standard InChI is InChI=1S/C20H14Cl2N6O3S/c21-14-2-4-15(5-3-14)27-32(30,31)18-9-13(1-7-17(18)22)20(29)26-16-6-8-19(24-10-16)28-12-23-11-25-28/h1-12,27H,(H,26,29). The van der Waals surface area contributed by atoms with E-state index in [0.717, 1.165) is 0 Å². The number of carbonyl (C=O) groups excluding carboxylic acids is 1. The summed E-state index contributed by atoms with van der Waals surface area (Å²) in [6.45, 7) is 0. The molecular formula is C20H14Cl2N6O3S. The summed E-state index contributed by atoms with van der Waals surface area (Å²) >= 11 is 11.9. The van der Waals surface area contributed by atoms with Gasteiger partial charge in [-0.2, -0.15) is 5.10 Å². The van der Waals surface area contributed by atoms with Crippen molar-refractivity contribution in [3.63, 3.8) is 0 Å². The van der Waals surface area contributed by atoms with Crippen molar-refractivity contribution in [2.24, 2.45) is 0 Å². The van der Waals surface area contributed by atoms with Crippen LogP contribution in [-0.2, 0) is 10.0 Å². The summed E-state index contributed by atoms with van der Waals surface area (Å²) < 4.78 is 29.5. The third kappa shape index (κ3) is 4.88. The molecule has 162 valence electrons. The Kier molecular flexibility index (Phi) is 6.08. The number of hydrogen-bond donors (Lipinski definition) is 2. The quantitative estimate of drug-likeness (QED) is 0.422. The van der Waals surface area contributed by atoms with Gasteiger partial charge >= 0.3 is 0 Å². The molecule has 0 unspecified atom stereocenters. The molecule has 0 saturated carbocycles. The van der Waals surface area contributed by atoms with Crippen LogP contribution in [0.15, 0.2) is 78.3 Å². The summed E-state index contributed by atoms with van der Waals surface area (Å²) in [6.07, 6.45) is 4.32. The van der Waals surface area contributed by atoms with Gasteiger partial charge in [-0.1, -0.05) is 23.2 Å². The average molecular weight is 489 g/mol. The zero-order valence-corrected chi connectivity index (χ0v) is 18.4. The number of halogens is 2. The fraction of sp³-hybridized carbons (Fsp3) is 0. The van der Waals surface area contributed by atoms with Crippen LogP contribution in [0.2, 0.25) is 10.0 Å². The number of aromatic nitrogens is 4. The number of rotatable bonds is 6. The van der Waals surface area contributed by atoms with Gasteiger partial charge in [-0.25, -0.2) is 23.1 Å². The Labute approximate surface area is 193 Å². The highest BCUT2D eigenvalue weighted by atomic mass is 35.5. The van der Waals surface area contributed by atoms with Gasteiger partial charge in [0, 0.05) is 16.3 Å². The molecule has 0 spiro atoms. The van der Waals surface area contributed by atoms with Crippen LogP contribution in [0.5, 0.6) is 0 Å². The van der Waals surface area contributed by atoms with Crippen LogP contribution in [0.1, 0.15) is 10.4 Å². The second-order valence-corrected chi connectivity index (χ2v) is 8.95. The number of pyridine rings is 1. The number of carbonyl (C=O) groups is 1. The molecule has 0 aliphatic carbocycles. The number of nitrogens with zero attached hydrogens (tertiary/aromatic N) is 4. The minimum atomic E-state index is -4.05. The minimum absolute atomic E-state index is 0.0261. The van der Waals surface area contributed by atoms with Gasteiger partial charge in [-0.3, -0.25) is 9.52 Å². The van der Waals surface area contributed by atoms with Crippen LogP contribution in [0.25, 0.3) is 5.82 Å². The molecule has 2 heterocycles. The van der Waals surface area contributed by atoms with E-state index < -0.39 is 15.9 Å². The molecule has 12 heteroatoms. The molecule has 0 bridgehead atoms. The number of hydrogen-bond acceptors (Lipinski definition) is 6. The van der Waals surface area contributed by atoms with Gasteiger partial charge in [0.05, 0.1) is 16.9 Å². The number of nitrogens with one attached hydrogen (secondary N) is 2. The Morgan fingerprint density at radius 2 is 1.72 bits per heavy atom. The predicted molar refractivity (Wildman–Crippen MR) is 121 cm³/mol. The highest BCUT2D eigenvalue weighted by Gasteiger charge is 2.20. The maximum atomic E-state index is 12.8. The minimum Gasteiger partial charge on any atom is -0.321 e. The lowest BCUT2D eigenvalue weighted by Crippen LogP contribution is -2.16. The van der Waals surface area contributed by atoms with E-state index in [2.05, 4.69) is 25.1 Å². The van der Waals surface area contributed by atoms with Crippen LogP contribution in [0, 0.1) is 0 Å². The van der Waals surface area contributed by atoms with E-state index in [0.29, 0.717) is 22.2 Å². The van der Waals surface area contributed by atoms with Crippen molar-refractivity contribution >= 4 is 50.5 Å². The molecule has 1 amide bonds. The smallest absolute Gasteiger partial charge is 0.263 e. The first-order chi connectivity index (χ1) is 15.3. The molecule has 0 saturated heterocycles. The molecule has 0 atom stereocenters. The van der Waals surface area contributed by atoms with Crippen molar-refractivity contribution in [2.75, 3.05) is 10.0 Å². The van der Waals surface area contributed by atoms with Crippen molar-refractivity contribution in [1.29, 1.82) is 0 Å². The van der Waals surface area contributed by atoms with Gasteiger partial charge in [0.1, 0.15) is 17.6 Å². The monoisotopic (exact) mass is 488 g/mol. The average Bonchev–Trinajstić information content (AvgIpc) is 3.31. The van der Waals surface area contributed by atoms with Crippen LogP contribution >= 0.6 is 23.2 Å². The van der Waals surface area contributed by atoms with E-state index in [4.69, 9.17) is 23.2 Å². The van der Waals surface area contributed by atoms with Crippen LogP contribution in [-0.4, -0.2) is 34.1 Å². The van der Waals surface area contributed by atoms with E-state index in [1.165, 1.54) is 53.9 Å². The highest BCUT2D eigenvalue weighted by molar-refractivity contribution is 7.92. The molecule has 32 heavy (non-hydrogen) atoms. The summed E-state index contributed by atoms with van der Waals surface area (Å²) in [4.78, 5) is 20.5. The van der Waals surface area contributed by atoms with Crippen molar-refractivity contribution < 1.29 is 13.2 Å². The number of sulfonamides is 1. The fourth-order valence-electron chi connectivity index (χ4n) is 2.70. The van der Waals surface area contributed by atoms with Gasteiger partial charge in [0.25, 0.3) is 15.9 Å². The van der Waals surface area contributed by atoms with Crippen molar-refractivity contribution in [3.05, 3.63) is 89.1 Å². The molecule has 0 aliphatic rings. The third-order valence-electron chi connectivity index (χ3n) is 4.24. The SMILES string of the molecule is O=C(Nc1ccc(-n2cncn2)nc1)c1ccc(Cl)c(S(=O)(=O)Nc2ccc(Cl)cc2)c1. The van der Waals surface area contributed by atoms with E-state index >= 15 is 0 Å². The zero-order valence-electron chi connectivity index (χ0n) is 16.1. The van der Waals surface area contributed by atoms with Gasteiger partial charge in [-0.05, 0) is 54.6 Å². The molecule has 2 aromatic carbocycles. The Morgan fingerprint density at radius 3 is 2.38 bits per heavy atom. The molecule has 0 radical (unpaired) electrons. The summed E-state index contributed by atoms with van der Waals surface area (Å²) in [5.74, 6) is -0.00596. The molecule has 4 rings (SSSR count). The number of amides is 1. The van der Waals surface area contributed by atoms with Crippen LogP contribution in [0.3, 0.4) is 0 Å². The van der Waals surface area contributed by atoms with Crippen molar-refractivity contribution in [1.82, 2.24) is 19.7 Å². The second kappa shape index (κ2) is 8.95. The van der Waals surface area contributed by atoms with E-state index in [9.17, 15) is 13.2 Å². The Hall–Kier alpha value is -3.47. The topological polar surface area (TPSA) is 119 Å². The van der Waals surface area contributed by atoms with Crippen molar-refractivity contribution in [3.8, 4) is 5.82 Å². The fourth-order valence-corrected chi connectivity index (χ4v) is 4.42. The van der Waals surface area contributed by atoms with E-state index in [-0.39, 0.29) is 15.5 Å². The van der Waals surface area contributed by atoms with E-state index in [1.54, 1.807) is 24.3 Å². The van der Waals surface area contributed by atoms with Crippen molar-refractivity contribution in [2.45, 2.75) is 4.90 Å². The van der Waals surface area contributed by atoms with Gasteiger partial charge in [-0.15, -0.1) is 0 Å². The lowest BCUT2D eigenvalue weighted by molar-refractivity contribution is 0.102. The lowest BCUT2D eigenvalue weighted by atomic mass is 10.2. The van der Waals surface area contributed by atoms with E-state index in [1.807, 2.05) is 0 Å². The first-order valence-electron chi connectivity index (χ1n) is 9.02. The Balaban J connectivity index is 1.53. The largest absolute Gasteiger partial charge is 0.321 e. The molecule has 0 fully saturated rings. The zero-order chi connectivity index (χ0) is 22.7. The third-order valence-corrected chi connectivity index (χ3v) is 6.35. The van der Waals surface area contributed by atoms with Gasteiger partial charge in [0.2, 0.25) is 0 Å². The van der Waals surface area contributed by atoms with Crippen LogP contribution in [0.4, 0.5) is 11.4 Å². The maximum Gasteiger partial charge on any atom is 0.263 e. The summed E-state index contributed by atoms with van der Waals surface area (Å²) in [7, 11) is -4.05. The first-order valence-corrected chi connectivity index (χ1v) is 11.3. The summed E-state index contributed by atoms with van der Waals surface area (Å²) in [5.41, 5.74) is 0.822. The molecule has 4 aromatic rings. The molecular weight excluding hydrogens is 475 g/mol. The lowest BCUT2D eigenvalue weighted by Gasteiger charge is -2.11. The number of benzene rings is 2. The van der Waals surface area contributed by atoms with Gasteiger partial charge in [0.15, 0.2) is 5.82 Å². The Bertz CT molecular complexity index is 1360. The number of anilines is 2. The summed E-state index contributed by atoms with van der Waals surface area (Å²) in [6, 6.07) is 13.4. The predicted octanol–water partition coefficient (Wildman–Crippen LogP) is 4.02. The molecule has 2 N–H and O–H groups in total.